The number of piperidine rings is 1. The minimum Gasteiger partial charge on any atom is -0.469 e. The lowest BCUT2D eigenvalue weighted by Crippen LogP contribution is -2.45. The number of esters is 1. The largest absolute Gasteiger partial charge is 0.469 e. The van der Waals surface area contributed by atoms with E-state index in [-0.39, 0.29) is 18.4 Å². The van der Waals surface area contributed by atoms with Crippen LogP contribution in [0.4, 0.5) is 0 Å². The van der Waals surface area contributed by atoms with Crippen molar-refractivity contribution in [2.45, 2.75) is 19.4 Å². The molecule has 20 heavy (non-hydrogen) atoms. The molecule has 0 aliphatic carbocycles. The zero-order valence-corrected chi connectivity index (χ0v) is 12.1. The van der Waals surface area contributed by atoms with E-state index in [1.165, 1.54) is 11.4 Å². The molecule has 0 amide bonds. The van der Waals surface area contributed by atoms with Gasteiger partial charge in [0.15, 0.2) is 0 Å². The zero-order valence-electron chi connectivity index (χ0n) is 11.3. The third kappa shape index (κ3) is 3.59. The summed E-state index contributed by atoms with van der Waals surface area (Å²) in [6, 6.07) is 1.81. The minimum absolute atomic E-state index is 0.198. The second-order valence-electron chi connectivity index (χ2n) is 4.74. The van der Waals surface area contributed by atoms with E-state index in [1.54, 1.807) is 12.4 Å². The van der Waals surface area contributed by atoms with Gasteiger partial charge in [-0.2, -0.15) is 17.4 Å². The maximum atomic E-state index is 12.1. The second kappa shape index (κ2) is 6.38. The number of nitrogens with one attached hydrogen (secondary N) is 2. The highest BCUT2D eigenvalue weighted by Gasteiger charge is 2.31. The maximum absolute atomic E-state index is 12.1. The molecule has 2 rings (SSSR count). The van der Waals surface area contributed by atoms with E-state index in [0.29, 0.717) is 25.9 Å². The van der Waals surface area contributed by atoms with Crippen molar-refractivity contribution in [1.82, 2.24) is 14.0 Å². The highest BCUT2D eigenvalue weighted by Crippen LogP contribution is 2.20. The third-order valence-electron chi connectivity index (χ3n) is 3.45. The molecule has 0 saturated carbocycles. The first-order valence-corrected chi connectivity index (χ1v) is 7.91. The Morgan fingerprint density at radius 2 is 2.20 bits per heavy atom. The molecule has 7 nitrogen and oxygen atoms in total. The molecule has 1 fully saturated rings. The van der Waals surface area contributed by atoms with Crippen molar-refractivity contribution in [2.24, 2.45) is 5.92 Å². The predicted molar refractivity (Wildman–Crippen MR) is 72.9 cm³/mol. The first-order chi connectivity index (χ1) is 9.53. The average Bonchev–Trinajstić information content (AvgIpc) is 2.98. The summed E-state index contributed by atoms with van der Waals surface area (Å²) in [5, 5.41) is 0. The van der Waals surface area contributed by atoms with Crippen LogP contribution in [0.3, 0.4) is 0 Å². The highest BCUT2D eigenvalue weighted by molar-refractivity contribution is 7.87. The van der Waals surface area contributed by atoms with E-state index >= 15 is 0 Å². The van der Waals surface area contributed by atoms with Gasteiger partial charge >= 0.3 is 5.97 Å². The molecule has 0 unspecified atom stereocenters. The summed E-state index contributed by atoms with van der Waals surface area (Å²) in [6.45, 7) is 0.924. The quantitative estimate of drug-likeness (QED) is 0.762. The van der Waals surface area contributed by atoms with Gasteiger partial charge in [-0.15, -0.1) is 0 Å². The van der Waals surface area contributed by atoms with Crippen molar-refractivity contribution >= 4 is 16.2 Å². The summed E-state index contributed by atoms with van der Waals surface area (Å²) in [6.07, 6.45) is 4.48. The normalized spacial score (nSPS) is 18.1. The Bertz CT molecular complexity index is 533. The molecule has 0 radical (unpaired) electrons. The molecular weight excluding hydrogens is 282 g/mol. The Balaban J connectivity index is 1.87. The fourth-order valence-electron chi connectivity index (χ4n) is 2.23. The molecule has 2 heterocycles. The number of carbonyl (C=O) groups is 1. The van der Waals surface area contributed by atoms with Crippen molar-refractivity contribution in [3.63, 3.8) is 0 Å². The van der Waals surface area contributed by atoms with E-state index in [1.807, 2.05) is 6.07 Å². The molecule has 112 valence electrons. The number of hydrogen-bond acceptors (Lipinski definition) is 4. The Morgan fingerprint density at radius 1 is 1.50 bits per heavy atom. The minimum atomic E-state index is -3.50. The highest BCUT2D eigenvalue weighted by atomic mass is 32.2. The van der Waals surface area contributed by atoms with Crippen LogP contribution in [0.5, 0.6) is 0 Å². The molecule has 1 aliphatic heterocycles. The summed E-state index contributed by atoms with van der Waals surface area (Å²) < 4.78 is 32.8. The van der Waals surface area contributed by atoms with E-state index in [9.17, 15) is 13.2 Å². The number of methoxy groups -OCH3 is 1. The molecule has 1 aromatic heterocycles. The van der Waals surface area contributed by atoms with Crippen LogP contribution in [0.25, 0.3) is 0 Å². The van der Waals surface area contributed by atoms with Crippen molar-refractivity contribution < 1.29 is 17.9 Å². The number of carbonyl (C=O) groups excluding carboxylic acids is 1. The molecular formula is C12H19N3O4S. The summed E-state index contributed by atoms with van der Waals surface area (Å²) in [5.74, 6) is -0.460. The topological polar surface area (TPSA) is 91.5 Å². The molecule has 0 aromatic carbocycles. The first-order valence-electron chi connectivity index (χ1n) is 6.47. The lowest BCUT2D eigenvalue weighted by molar-refractivity contribution is -0.146. The van der Waals surface area contributed by atoms with Crippen molar-refractivity contribution in [2.75, 3.05) is 20.2 Å². The summed E-state index contributed by atoms with van der Waals surface area (Å²) in [7, 11) is -2.15. The fraction of sp³-hybridized carbons (Fsp3) is 0.583. The van der Waals surface area contributed by atoms with Gasteiger partial charge in [0, 0.05) is 32.0 Å². The Morgan fingerprint density at radius 3 is 2.75 bits per heavy atom. The van der Waals surface area contributed by atoms with Crippen LogP contribution in [0.15, 0.2) is 18.5 Å². The van der Waals surface area contributed by atoms with E-state index in [0.717, 1.165) is 5.56 Å². The molecule has 0 atom stereocenters. The van der Waals surface area contributed by atoms with E-state index in [4.69, 9.17) is 0 Å². The smallest absolute Gasteiger partial charge is 0.308 e. The standard InChI is InChI=1S/C12H19N3O4S/c1-19-12(16)11-3-6-15(7-4-11)20(17,18)14-9-10-2-5-13-8-10/h2,5,8,11,13-14H,3-4,6-7,9H2,1H3. The molecule has 0 bridgehead atoms. The second-order valence-corrected chi connectivity index (χ2v) is 6.50. The van der Waals surface area contributed by atoms with Crippen molar-refractivity contribution in [1.29, 1.82) is 0 Å². The lowest BCUT2D eigenvalue weighted by atomic mass is 9.99. The number of ether oxygens (including phenoxy) is 1. The van der Waals surface area contributed by atoms with Gasteiger partial charge in [-0.05, 0) is 24.5 Å². The van der Waals surface area contributed by atoms with Crippen LogP contribution in [0.2, 0.25) is 0 Å². The van der Waals surface area contributed by atoms with Gasteiger partial charge < -0.3 is 9.72 Å². The number of rotatable bonds is 5. The van der Waals surface area contributed by atoms with E-state index in [2.05, 4.69) is 14.4 Å². The zero-order chi connectivity index (χ0) is 14.6. The summed E-state index contributed by atoms with van der Waals surface area (Å²) in [4.78, 5) is 14.3. The third-order valence-corrected chi connectivity index (χ3v) is 5.00. The van der Waals surface area contributed by atoms with Gasteiger partial charge in [0.25, 0.3) is 10.2 Å². The lowest BCUT2D eigenvalue weighted by Gasteiger charge is -2.29. The molecule has 0 spiro atoms. The Hall–Kier alpha value is -1.38. The number of aromatic amines is 1. The van der Waals surface area contributed by atoms with Gasteiger partial charge in [0.2, 0.25) is 0 Å². The summed E-state index contributed by atoms with van der Waals surface area (Å²) in [5.41, 5.74) is 0.873. The van der Waals surface area contributed by atoms with Crippen LogP contribution < -0.4 is 4.72 Å². The van der Waals surface area contributed by atoms with Crippen molar-refractivity contribution in [3.8, 4) is 0 Å². The number of aromatic nitrogens is 1. The van der Waals surface area contributed by atoms with Gasteiger partial charge in [0.1, 0.15) is 0 Å². The molecule has 1 saturated heterocycles. The summed E-state index contributed by atoms with van der Waals surface area (Å²) >= 11 is 0. The maximum Gasteiger partial charge on any atom is 0.308 e. The van der Waals surface area contributed by atoms with Crippen LogP contribution in [-0.4, -0.2) is 43.9 Å². The van der Waals surface area contributed by atoms with Gasteiger partial charge in [-0.1, -0.05) is 0 Å². The van der Waals surface area contributed by atoms with Crippen LogP contribution >= 0.6 is 0 Å². The Labute approximate surface area is 118 Å². The molecule has 8 heteroatoms. The molecule has 1 aliphatic rings. The molecule has 2 N–H and O–H groups in total. The van der Waals surface area contributed by atoms with Gasteiger partial charge in [-0.25, -0.2) is 0 Å². The van der Waals surface area contributed by atoms with Crippen LogP contribution in [0.1, 0.15) is 18.4 Å². The Kier molecular flexibility index (Phi) is 4.79. The molecule has 1 aromatic rings. The van der Waals surface area contributed by atoms with Crippen molar-refractivity contribution in [3.05, 3.63) is 24.0 Å². The monoisotopic (exact) mass is 301 g/mol. The number of H-pyrrole nitrogens is 1. The van der Waals surface area contributed by atoms with Gasteiger partial charge in [-0.3, -0.25) is 4.79 Å². The predicted octanol–water partition coefficient (Wildman–Crippen LogP) is 0.234. The van der Waals surface area contributed by atoms with E-state index < -0.39 is 10.2 Å². The SMILES string of the molecule is COC(=O)C1CCN(S(=O)(=O)NCc2cc[nH]c2)CC1. The average molecular weight is 301 g/mol. The van der Waals surface area contributed by atoms with Crippen LogP contribution in [0, 0.1) is 5.92 Å². The first kappa shape index (κ1) is 15.0. The number of nitrogens with zero attached hydrogens (tertiary/aromatic N) is 1. The van der Waals surface area contributed by atoms with Crippen LogP contribution in [-0.2, 0) is 26.3 Å². The fourth-order valence-corrected chi connectivity index (χ4v) is 3.46. The van der Waals surface area contributed by atoms with Gasteiger partial charge in [0.05, 0.1) is 13.0 Å². The number of hydrogen-bond donors (Lipinski definition) is 2.